The Morgan fingerprint density at radius 3 is 2.93 bits per heavy atom. The second-order valence-corrected chi connectivity index (χ2v) is 3.27. The van der Waals surface area contributed by atoms with Crippen LogP contribution in [0.15, 0.2) is 18.2 Å². The third kappa shape index (κ3) is 1.35. The highest BCUT2D eigenvalue weighted by atomic mass is 16.6. The zero-order valence-electron chi connectivity index (χ0n) is 8.01. The van der Waals surface area contributed by atoms with Crippen LogP contribution < -0.4 is 10.4 Å². The number of nitro benzene ring substituents is 1. The monoisotopic (exact) mass is 207 g/mol. The van der Waals surface area contributed by atoms with E-state index in [1.54, 1.807) is 24.2 Å². The van der Waals surface area contributed by atoms with Crippen LogP contribution in [0.2, 0.25) is 0 Å². The van der Waals surface area contributed by atoms with Crippen molar-refractivity contribution in [3.8, 4) is 0 Å². The summed E-state index contributed by atoms with van der Waals surface area (Å²) < 4.78 is 0. The number of anilines is 1. The van der Waals surface area contributed by atoms with Crippen molar-refractivity contribution in [1.29, 1.82) is 0 Å². The van der Waals surface area contributed by atoms with Crippen molar-refractivity contribution in [1.82, 2.24) is 5.43 Å². The standard InChI is InChI=1S/C9H9N3O3/c1-11-7-3-2-4-8(12(14)15)9(7)6(5-13)10-11/h2-6,10H,1H3. The molecule has 1 aliphatic heterocycles. The number of rotatable bonds is 2. The number of nitro groups is 1. The van der Waals surface area contributed by atoms with Crippen LogP contribution in [0.25, 0.3) is 0 Å². The number of carbonyl (C=O) groups is 1. The number of hydrogen-bond donors (Lipinski definition) is 1. The Kier molecular flexibility index (Phi) is 2.12. The van der Waals surface area contributed by atoms with E-state index in [-0.39, 0.29) is 5.69 Å². The largest absolute Gasteiger partial charge is 0.310 e. The van der Waals surface area contributed by atoms with Crippen LogP contribution in [-0.4, -0.2) is 18.3 Å². The molecule has 1 aliphatic rings. The van der Waals surface area contributed by atoms with Gasteiger partial charge in [0.2, 0.25) is 0 Å². The molecule has 6 heteroatoms. The minimum Gasteiger partial charge on any atom is -0.310 e. The molecule has 1 N–H and O–H groups in total. The van der Waals surface area contributed by atoms with E-state index in [4.69, 9.17) is 0 Å². The molecule has 1 unspecified atom stereocenters. The van der Waals surface area contributed by atoms with Crippen LogP contribution in [0.4, 0.5) is 11.4 Å². The number of hydrogen-bond acceptors (Lipinski definition) is 5. The molecule has 6 nitrogen and oxygen atoms in total. The lowest BCUT2D eigenvalue weighted by Crippen LogP contribution is -2.30. The molecule has 0 amide bonds. The molecule has 0 bridgehead atoms. The zero-order valence-corrected chi connectivity index (χ0v) is 8.01. The topological polar surface area (TPSA) is 75.5 Å². The first kappa shape index (κ1) is 9.60. The smallest absolute Gasteiger partial charge is 0.276 e. The van der Waals surface area contributed by atoms with Gasteiger partial charge in [-0.05, 0) is 6.07 Å². The Hall–Kier alpha value is -1.95. The maximum atomic E-state index is 10.8. The van der Waals surface area contributed by atoms with E-state index in [0.717, 1.165) is 0 Å². The first-order valence-corrected chi connectivity index (χ1v) is 4.37. The molecule has 1 heterocycles. The molecule has 1 atom stereocenters. The van der Waals surface area contributed by atoms with Crippen molar-refractivity contribution < 1.29 is 9.72 Å². The normalized spacial score (nSPS) is 18.7. The summed E-state index contributed by atoms with van der Waals surface area (Å²) in [5.41, 5.74) is 3.90. The van der Waals surface area contributed by atoms with Crippen LogP contribution in [0, 0.1) is 10.1 Å². The number of hydrazine groups is 1. The maximum absolute atomic E-state index is 10.8. The van der Waals surface area contributed by atoms with Gasteiger partial charge in [0.05, 0.1) is 16.2 Å². The van der Waals surface area contributed by atoms with Gasteiger partial charge >= 0.3 is 0 Å². The van der Waals surface area contributed by atoms with Gasteiger partial charge in [0, 0.05) is 13.1 Å². The predicted molar refractivity (Wildman–Crippen MR) is 53.4 cm³/mol. The van der Waals surface area contributed by atoms with E-state index in [2.05, 4.69) is 5.43 Å². The van der Waals surface area contributed by atoms with Gasteiger partial charge in [0.15, 0.2) is 0 Å². The number of nitrogens with one attached hydrogen (secondary N) is 1. The second kappa shape index (κ2) is 3.32. The molecule has 1 aromatic carbocycles. The lowest BCUT2D eigenvalue weighted by Gasteiger charge is -2.11. The molecular weight excluding hydrogens is 198 g/mol. The summed E-state index contributed by atoms with van der Waals surface area (Å²) in [6.07, 6.45) is 0.662. The Morgan fingerprint density at radius 2 is 2.33 bits per heavy atom. The Bertz CT molecular complexity index is 433. The van der Waals surface area contributed by atoms with Crippen molar-refractivity contribution in [2.24, 2.45) is 0 Å². The van der Waals surface area contributed by atoms with Crippen LogP contribution in [0.5, 0.6) is 0 Å². The third-order valence-electron chi connectivity index (χ3n) is 2.40. The molecule has 2 rings (SSSR count). The summed E-state index contributed by atoms with van der Waals surface area (Å²) in [5.74, 6) is 0. The van der Waals surface area contributed by atoms with Crippen molar-refractivity contribution in [3.05, 3.63) is 33.9 Å². The number of nitrogens with zero attached hydrogens (tertiary/aromatic N) is 2. The van der Waals surface area contributed by atoms with E-state index in [1.165, 1.54) is 6.07 Å². The summed E-state index contributed by atoms with van der Waals surface area (Å²) in [4.78, 5) is 21.1. The first-order valence-electron chi connectivity index (χ1n) is 4.37. The highest BCUT2D eigenvalue weighted by Gasteiger charge is 2.32. The van der Waals surface area contributed by atoms with E-state index < -0.39 is 11.0 Å². The van der Waals surface area contributed by atoms with Gasteiger partial charge in [-0.3, -0.25) is 10.1 Å². The van der Waals surface area contributed by atoms with Gasteiger partial charge < -0.3 is 9.80 Å². The molecule has 78 valence electrons. The summed E-state index contributed by atoms with van der Waals surface area (Å²) in [6, 6.07) is 4.10. The highest BCUT2D eigenvalue weighted by Crippen LogP contribution is 2.37. The van der Waals surface area contributed by atoms with Gasteiger partial charge in [0.1, 0.15) is 12.3 Å². The van der Waals surface area contributed by atoms with Gasteiger partial charge in [-0.25, -0.2) is 5.43 Å². The summed E-state index contributed by atoms with van der Waals surface area (Å²) >= 11 is 0. The molecule has 0 radical (unpaired) electrons. The number of carbonyl (C=O) groups excluding carboxylic acids is 1. The molecule has 0 aromatic heterocycles. The van der Waals surface area contributed by atoms with Gasteiger partial charge in [-0.15, -0.1) is 0 Å². The van der Waals surface area contributed by atoms with E-state index >= 15 is 0 Å². The predicted octanol–water partition coefficient (Wildman–Crippen LogP) is 0.789. The lowest BCUT2D eigenvalue weighted by atomic mass is 10.1. The van der Waals surface area contributed by atoms with Gasteiger partial charge in [0.25, 0.3) is 5.69 Å². The lowest BCUT2D eigenvalue weighted by molar-refractivity contribution is -0.385. The molecule has 1 aromatic rings. The van der Waals surface area contributed by atoms with Gasteiger partial charge in [-0.2, -0.15) is 0 Å². The van der Waals surface area contributed by atoms with Crippen LogP contribution in [0.3, 0.4) is 0 Å². The third-order valence-corrected chi connectivity index (χ3v) is 2.40. The Balaban J connectivity index is 2.63. The minimum absolute atomic E-state index is 0.0264. The molecule has 0 aliphatic carbocycles. The molecule has 15 heavy (non-hydrogen) atoms. The fourth-order valence-electron chi connectivity index (χ4n) is 1.75. The number of aldehydes is 1. The molecule has 0 spiro atoms. The van der Waals surface area contributed by atoms with Crippen molar-refractivity contribution in [3.63, 3.8) is 0 Å². The quantitative estimate of drug-likeness (QED) is 0.440. The maximum Gasteiger partial charge on any atom is 0.276 e. The average molecular weight is 207 g/mol. The zero-order chi connectivity index (χ0) is 11.0. The van der Waals surface area contributed by atoms with Crippen LogP contribution in [-0.2, 0) is 4.79 Å². The van der Waals surface area contributed by atoms with E-state index in [0.29, 0.717) is 17.5 Å². The van der Waals surface area contributed by atoms with Crippen LogP contribution in [0.1, 0.15) is 11.6 Å². The van der Waals surface area contributed by atoms with Crippen molar-refractivity contribution in [2.75, 3.05) is 12.1 Å². The molecule has 0 saturated heterocycles. The number of fused-ring (bicyclic) bond motifs is 1. The van der Waals surface area contributed by atoms with Crippen LogP contribution >= 0.6 is 0 Å². The molecule has 0 fully saturated rings. The van der Waals surface area contributed by atoms with Crippen molar-refractivity contribution in [2.45, 2.75) is 6.04 Å². The van der Waals surface area contributed by atoms with Crippen molar-refractivity contribution >= 4 is 17.7 Å². The first-order chi connectivity index (χ1) is 7.15. The van der Waals surface area contributed by atoms with E-state index in [9.17, 15) is 14.9 Å². The highest BCUT2D eigenvalue weighted by molar-refractivity contribution is 5.76. The van der Waals surface area contributed by atoms with Gasteiger partial charge in [-0.1, -0.05) is 6.07 Å². The minimum atomic E-state index is -0.633. The Morgan fingerprint density at radius 1 is 1.60 bits per heavy atom. The fraction of sp³-hybridized carbons (Fsp3) is 0.222. The average Bonchev–Trinajstić information content (AvgIpc) is 2.55. The summed E-state index contributed by atoms with van der Waals surface area (Å²) in [6.45, 7) is 0. The molecular formula is C9H9N3O3. The fourth-order valence-corrected chi connectivity index (χ4v) is 1.75. The second-order valence-electron chi connectivity index (χ2n) is 3.27. The summed E-state index contributed by atoms with van der Waals surface area (Å²) in [5, 5.41) is 12.4. The number of benzene rings is 1. The van der Waals surface area contributed by atoms with E-state index in [1.807, 2.05) is 0 Å². The molecule has 0 saturated carbocycles. The summed E-state index contributed by atoms with van der Waals surface area (Å²) in [7, 11) is 1.71. The SMILES string of the molecule is CN1NC(C=O)c2c1cccc2[N+](=O)[O-]. The Labute approximate surface area is 85.6 Å².